The van der Waals surface area contributed by atoms with Crippen molar-refractivity contribution in [3.05, 3.63) is 68.7 Å². The molecule has 1 aliphatic heterocycles. The van der Waals surface area contributed by atoms with Crippen molar-refractivity contribution in [2.75, 3.05) is 33.2 Å². The molecule has 7 heteroatoms. The first-order valence-electron chi connectivity index (χ1n) is 11.5. The van der Waals surface area contributed by atoms with Crippen molar-refractivity contribution in [3.8, 4) is 0 Å². The Hall–Kier alpha value is -2.08. The van der Waals surface area contributed by atoms with Crippen molar-refractivity contribution in [2.45, 2.75) is 44.6 Å². The topological polar surface area (TPSA) is 52.7 Å². The average Bonchev–Trinajstić information content (AvgIpc) is 3.57. The number of carbonyl (C=O) groups is 2. The molecule has 2 aromatic carbocycles. The zero-order valence-electron chi connectivity index (χ0n) is 19.5. The van der Waals surface area contributed by atoms with Gasteiger partial charge < -0.3 is 15.1 Å². The number of piperazine rings is 1. The predicted octanol–water partition coefficient (Wildman–Crippen LogP) is 4.14. The molecule has 5 nitrogen and oxygen atoms in total. The van der Waals surface area contributed by atoms with Gasteiger partial charge in [-0.3, -0.25) is 9.59 Å². The van der Waals surface area contributed by atoms with Crippen LogP contribution in [0.5, 0.6) is 0 Å². The minimum absolute atomic E-state index is 0.0190. The van der Waals surface area contributed by atoms with Gasteiger partial charge in [0, 0.05) is 42.6 Å². The van der Waals surface area contributed by atoms with Gasteiger partial charge in [0.05, 0.1) is 5.41 Å². The van der Waals surface area contributed by atoms with E-state index in [-0.39, 0.29) is 11.8 Å². The van der Waals surface area contributed by atoms with E-state index >= 15 is 0 Å². The third-order valence-electron chi connectivity index (χ3n) is 6.97. The number of hydrogen-bond acceptors (Lipinski definition) is 3. The number of nitrogens with one attached hydrogen (secondary N) is 1. The summed E-state index contributed by atoms with van der Waals surface area (Å²) in [5.41, 5.74) is 3.47. The highest BCUT2D eigenvalue weighted by atomic mass is 35.5. The summed E-state index contributed by atoms with van der Waals surface area (Å²) in [7, 11) is 2.06. The van der Waals surface area contributed by atoms with Crippen LogP contribution >= 0.6 is 23.2 Å². The molecule has 2 aromatic rings. The molecule has 1 saturated heterocycles. The zero-order chi connectivity index (χ0) is 23.8. The first kappa shape index (κ1) is 24.1. The third-order valence-corrected chi connectivity index (χ3v) is 7.52. The molecule has 0 aromatic heterocycles. The second kappa shape index (κ2) is 9.65. The number of halogens is 2. The van der Waals surface area contributed by atoms with Gasteiger partial charge in [-0.25, -0.2) is 0 Å². The fraction of sp³-hybridized carbons (Fsp3) is 0.462. The van der Waals surface area contributed by atoms with Gasteiger partial charge in [-0.05, 0) is 62.6 Å². The fourth-order valence-corrected chi connectivity index (χ4v) is 5.25. The van der Waals surface area contributed by atoms with Crippen LogP contribution in [0.2, 0.25) is 10.0 Å². The van der Waals surface area contributed by atoms with E-state index in [0.29, 0.717) is 42.4 Å². The molecule has 0 bridgehead atoms. The highest BCUT2D eigenvalue weighted by Crippen LogP contribution is 2.51. The number of amides is 2. The van der Waals surface area contributed by atoms with Gasteiger partial charge in [-0.2, -0.15) is 0 Å². The summed E-state index contributed by atoms with van der Waals surface area (Å²) in [5, 5.41) is 4.16. The summed E-state index contributed by atoms with van der Waals surface area (Å²) in [6, 6.07) is 10.9. The predicted molar refractivity (Wildman–Crippen MR) is 133 cm³/mol. The Morgan fingerprint density at radius 3 is 2.33 bits per heavy atom. The zero-order valence-corrected chi connectivity index (χ0v) is 21.0. The summed E-state index contributed by atoms with van der Waals surface area (Å²) in [6.07, 6.45) is 1.88. The number of carbonyl (C=O) groups excluding carboxylic acids is 2. The van der Waals surface area contributed by atoms with Crippen LogP contribution in [-0.2, 0) is 21.4 Å². The Labute approximate surface area is 206 Å². The molecule has 0 unspecified atom stereocenters. The first-order valence-corrected chi connectivity index (χ1v) is 12.3. The van der Waals surface area contributed by atoms with Crippen molar-refractivity contribution in [2.24, 2.45) is 0 Å². The second-order valence-corrected chi connectivity index (χ2v) is 10.3. The van der Waals surface area contributed by atoms with Crippen LogP contribution in [0.1, 0.15) is 35.1 Å². The minimum Gasteiger partial charge on any atom is -0.343 e. The summed E-state index contributed by atoms with van der Waals surface area (Å²) in [4.78, 5) is 31.2. The Balaban J connectivity index is 1.58. The molecule has 33 heavy (non-hydrogen) atoms. The molecule has 2 fully saturated rings. The summed E-state index contributed by atoms with van der Waals surface area (Å²) >= 11 is 12.5. The molecule has 1 N–H and O–H groups in total. The van der Waals surface area contributed by atoms with Gasteiger partial charge in [-0.1, -0.05) is 53.0 Å². The van der Waals surface area contributed by atoms with Gasteiger partial charge in [0.15, 0.2) is 0 Å². The number of likely N-dealkylation sites (N-methyl/N-ethyl adjacent to an activating group) is 1. The van der Waals surface area contributed by atoms with E-state index in [1.165, 1.54) is 5.56 Å². The Morgan fingerprint density at radius 1 is 1.03 bits per heavy atom. The van der Waals surface area contributed by atoms with E-state index in [4.69, 9.17) is 23.2 Å². The van der Waals surface area contributed by atoms with Crippen LogP contribution in [0.15, 0.2) is 36.4 Å². The molecular formula is C26H31Cl2N3O2. The SMILES string of the molecule is Cc1ccc(C[C@H](NC(=O)C2(c3ccc(Cl)cc3Cl)CC2)C(=O)N2CCN(C)CC2)c(C)c1. The van der Waals surface area contributed by atoms with Crippen LogP contribution in [0.3, 0.4) is 0 Å². The molecule has 1 atom stereocenters. The highest BCUT2D eigenvalue weighted by Gasteiger charge is 2.53. The van der Waals surface area contributed by atoms with Crippen LogP contribution in [-0.4, -0.2) is 60.9 Å². The number of rotatable bonds is 6. The average molecular weight is 488 g/mol. The number of aryl methyl sites for hydroxylation is 2. The third kappa shape index (κ3) is 5.21. The monoisotopic (exact) mass is 487 g/mol. The van der Waals surface area contributed by atoms with Gasteiger partial charge >= 0.3 is 0 Å². The summed E-state index contributed by atoms with van der Waals surface area (Å²) in [6.45, 7) is 7.11. The van der Waals surface area contributed by atoms with Crippen LogP contribution in [0.25, 0.3) is 0 Å². The van der Waals surface area contributed by atoms with Crippen LogP contribution in [0.4, 0.5) is 0 Å². The Kier molecular flexibility index (Phi) is 7.04. The number of benzene rings is 2. The van der Waals surface area contributed by atoms with E-state index in [2.05, 4.69) is 49.3 Å². The molecular weight excluding hydrogens is 457 g/mol. The van der Waals surface area contributed by atoms with Crippen molar-refractivity contribution >= 4 is 35.0 Å². The van der Waals surface area contributed by atoms with E-state index in [1.54, 1.807) is 12.1 Å². The lowest BCUT2D eigenvalue weighted by molar-refractivity contribution is -0.138. The molecule has 1 saturated carbocycles. The summed E-state index contributed by atoms with van der Waals surface area (Å²) < 4.78 is 0. The van der Waals surface area contributed by atoms with Crippen molar-refractivity contribution in [1.82, 2.24) is 15.1 Å². The van der Waals surface area contributed by atoms with Gasteiger partial charge in [0.2, 0.25) is 11.8 Å². The van der Waals surface area contributed by atoms with E-state index in [9.17, 15) is 9.59 Å². The lowest BCUT2D eigenvalue weighted by atomic mass is 9.93. The molecule has 0 radical (unpaired) electrons. The molecule has 1 heterocycles. The smallest absolute Gasteiger partial charge is 0.245 e. The molecule has 176 valence electrons. The maximum atomic E-state index is 13.6. The van der Waals surface area contributed by atoms with Gasteiger partial charge in [0.1, 0.15) is 6.04 Å². The number of hydrogen-bond donors (Lipinski definition) is 1. The van der Waals surface area contributed by atoms with E-state index in [0.717, 1.165) is 29.8 Å². The standard InChI is InChI=1S/C26H31Cl2N3O2/c1-17-4-5-19(18(2)14-17)15-23(24(32)31-12-10-30(3)11-13-31)29-25(33)26(8-9-26)21-7-6-20(27)16-22(21)28/h4-7,14,16,23H,8-13,15H2,1-3H3,(H,29,33)/t23-/m0/s1. The number of nitrogens with zero attached hydrogens (tertiary/aromatic N) is 2. The second-order valence-electron chi connectivity index (χ2n) is 9.49. The molecule has 2 aliphatic rings. The van der Waals surface area contributed by atoms with E-state index < -0.39 is 11.5 Å². The largest absolute Gasteiger partial charge is 0.343 e. The van der Waals surface area contributed by atoms with Crippen molar-refractivity contribution in [1.29, 1.82) is 0 Å². The van der Waals surface area contributed by atoms with Crippen molar-refractivity contribution < 1.29 is 9.59 Å². The van der Waals surface area contributed by atoms with Gasteiger partial charge in [-0.15, -0.1) is 0 Å². The van der Waals surface area contributed by atoms with Crippen molar-refractivity contribution in [3.63, 3.8) is 0 Å². The normalized spacial score (nSPS) is 18.6. The Morgan fingerprint density at radius 2 is 1.73 bits per heavy atom. The van der Waals surface area contributed by atoms with E-state index in [1.807, 2.05) is 11.0 Å². The maximum absolute atomic E-state index is 13.6. The minimum atomic E-state index is -0.690. The Bertz CT molecular complexity index is 1060. The molecule has 4 rings (SSSR count). The molecule has 1 aliphatic carbocycles. The van der Waals surface area contributed by atoms with Gasteiger partial charge in [0.25, 0.3) is 0 Å². The maximum Gasteiger partial charge on any atom is 0.245 e. The van der Waals surface area contributed by atoms with Crippen LogP contribution in [0, 0.1) is 13.8 Å². The lowest BCUT2D eigenvalue weighted by Crippen LogP contribution is -2.56. The van der Waals surface area contributed by atoms with Crippen LogP contribution < -0.4 is 5.32 Å². The first-order chi connectivity index (χ1) is 15.7. The fourth-order valence-electron chi connectivity index (χ4n) is 4.66. The molecule has 2 amide bonds. The highest BCUT2D eigenvalue weighted by molar-refractivity contribution is 6.35. The lowest BCUT2D eigenvalue weighted by Gasteiger charge is -2.35. The molecule has 0 spiro atoms. The summed E-state index contributed by atoms with van der Waals surface area (Å²) in [5.74, 6) is -0.154. The quantitative estimate of drug-likeness (QED) is 0.665.